The first kappa shape index (κ1) is 21.5. The maximum absolute atomic E-state index is 13.3. The number of hydrogen-bond acceptors (Lipinski definition) is 2. The van der Waals surface area contributed by atoms with Crippen molar-refractivity contribution >= 4 is 11.0 Å². The summed E-state index contributed by atoms with van der Waals surface area (Å²) in [5, 5.41) is 0. The lowest BCUT2D eigenvalue weighted by molar-refractivity contribution is -0.137. The molecule has 6 heteroatoms. The van der Waals surface area contributed by atoms with E-state index in [0.29, 0.717) is 23.9 Å². The van der Waals surface area contributed by atoms with E-state index in [9.17, 15) is 13.2 Å². The maximum Gasteiger partial charge on any atom is 0.416 e. The number of aryl methyl sites for hydroxylation is 1. The van der Waals surface area contributed by atoms with Crippen molar-refractivity contribution < 1.29 is 13.2 Å². The second kappa shape index (κ2) is 8.54. The van der Waals surface area contributed by atoms with E-state index < -0.39 is 11.7 Å². The molecular weight excluding hydrogens is 411 g/mol. The normalized spacial score (nSPS) is 22.2. The van der Waals surface area contributed by atoms with Crippen molar-refractivity contribution in [3.05, 3.63) is 65.0 Å². The monoisotopic (exact) mass is 441 g/mol. The number of halogens is 3. The van der Waals surface area contributed by atoms with Gasteiger partial charge < -0.3 is 9.47 Å². The highest BCUT2D eigenvalue weighted by Crippen LogP contribution is 2.35. The number of benzene rings is 2. The molecule has 3 aromatic rings. The zero-order chi connectivity index (χ0) is 22.3. The minimum Gasteiger partial charge on any atom is -0.327 e. The van der Waals surface area contributed by atoms with Crippen LogP contribution in [-0.2, 0) is 19.1 Å². The molecule has 2 aliphatic heterocycles. The van der Waals surface area contributed by atoms with E-state index in [1.165, 1.54) is 62.9 Å². The molecule has 2 atom stereocenters. The van der Waals surface area contributed by atoms with E-state index in [-0.39, 0.29) is 0 Å². The van der Waals surface area contributed by atoms with Gasteiger partial charge in [0.1, 0.15) is 5.82 Å². The molecule has 0 N–H and O–H groups in total. The Hall–Kier alpha value is -2.34. The highest BCUT2D eigenvalue weighted by atomic mass is 19.4. The van der Waals surface area contributed by atoms with Gasteiger partial charge in [-0.15, -0.1) is 0 Å². The molecule has 2 saturated heterocycles. The quantitative estimate of drug-likeness (QED) is 0.479. The van der Waals surface area contributed by atoms with E-state index in [1.54, 1.807) is 6.07 Å². The first-order valence-corrected chi connectivity index (χ1v) is 11.7. The van der Waals surface area contributed by atoms with Crippen molar-refractivity contribution in [2.24, 2.45) is 5.92 Å². The third-order valence-corrected chi connectivity index (χ3v) is 7.28. The molecule has 3 nitrogen and oxygen atoms in total. The third kappa shape index (κ3) is 4.29. The summed E-state index contributed by atoms with van der Waals surface area (Å²) >= 11 is 0. The lowest BCUT2D eigenvalue weighted by atomic mass is 9.83. The lowest BCUT2D eigenvalue weighted by Crippen LogP contribution is -2.49. The van der Waals surface area contributed by atoms with Crippen LogP contribution in [-0.4, -0.2) is 33.6 Å². The topological polar surface area (TPSA) is 21.1 Å². The Morgan fingerprint density at radius 3 is 2.53 bits per heavy atom. The SMILES string of the molecule is Cc1ccc(Cc2nc3cc(C(F)(F)F)ccc3n2CC2CCCN3CCCCC23)cc1. The Morgan fingerprint density at radius 2 is 1.75 bits per heavy atom. The van der Waals surface area contributed by atoms with Gasteiger partial charge in [-0.25, -0.2) is 4.98 Å². The Bertz CT molecular complexity index is 1080. The molecule has 1 aromatic heterocycles. The van der Waals surface area contributed by atoms with Crippen LogP contribution < -0.4 is 0 Å². The van der Waals surface area contributed by atoms with Gasteiger partial charge in [0.05, 0.1) is 16.6 Å². The molecule has 5 rings (SSSR count). The molecule has 2 fully saturated rings. The summed E-state index contributed by atoms with van der Waals surface area (Å²) in [5.41, 5.74) is 2.95. The molecular formula is C26H30F3N3. The second-order valence-corrected chi connectivity index (χ2v) is 9.50. The van der Waals surface area contributed by atoms with Crippen LogP contribution in [0.2, 0.25) is 0 Å². The standard InChI is InChI=1S/C26H30F3N3/c1-18-7-9-19(10-8-18)15-25-30-22-16-21(26(27,28)29)11-12-24(22)32(25)17-20-5-4-14-31-13-3-2-6-23(20)31/h7-12,16,20,23H,2-6,13-15,17H2,1H3. The van der Waals surface area contributed by atoms with Gasteiger partial charge in [-0.3, -0.25) is 0 Å². The van der Waals surface area contributed by atoms with Crippen molar-refractivity contribution in [1.29, 1.82) is 0 Å². The summed E-state index contributed by atoms with van der Waals surface area (Å²) in [6.45, 7) is 5.23. The molecule has 3 heterocycles. The van der Waals surface area contributed by atoms with E-state index in [2.05, 4.69) is 40.7 Å². The third-order valence-electron chi connectivity index (χ3n) is 7.28. The molecule has 0 amide bonds. The maximum atomic E-state index is 13.3. The van der Waals surface area contributed by atoms with Gasteiger partial charge in [-0.05, 0) is 75.4 Å². The lowest BCUT2D eigenvalue weighted by Gasteiger charge is -2.44. The summed E-state index contributed by atoms with van der Waals surface area (Å²) < 4.78 is 42.2. The number of hydrogen-bond donors (Lipinski definition) is 0. The van der Waals surface area contributed by atoms with Crippen LogP contribution in [0.5, 0.6) is 0 Å². The van der Waals surface area contributed by atoms with Crippen molar-refractivity contribution in [3.63, 3.8) is 0 Å². The van der Waals surface area contributed by atoms with Crippen molar-refractivity contribution in [2.45, 2.75) is 64.2 Å². The molecule has 170 valence electrons. The van der Waals surface area contributed by atoms with Gasteiger partial charge in [-0.2, -0.15) is 13.2 Å². The molecule has 2 aliphatic rings. The van der Waals surface area contributed by atoms with Gasteiger partial charge in [0, 0.05) is 19.0 Å². The Morgan fingerprint density at radius 1 is 0.969 bits per heavy atom. The Labute approximate surface area is 187 Å². The fourth-order valence-electron chi connectivity index (χ4n) is 5.61. The predicted octanol–water partition coefficient (Wildman–Crippen LogP) is 6.22. The van der Waals surface area contributed by atoms with Crippen molar-refractivity contribution in [2.75, 3.05) is 13.1 Å². The number of fused-ring (bicyclic) bond motifs is 2. The van der Waals surface area contributed by atoms with E-state index in [0.717, 1.165) is 23.4 Å². The predicted molar refractivity (Wildman–Crippen MR) is 121 cm³/mol. The highest BCUT2D eigenvalue weighted by molar-refractivity contribution is 5.77. The molecule has 0 saturated carbocycles. The molecule has 2 unspecified atom stereocenters. The molecule has 32 heavy (non-hydrogen) atoms. The minimum absolute atomic E-state index is 0.443. The van der Waals surface area contributed by atoms with Gasteiger partial charge in [0.25, 0.3) is 0 Å². The van der Waals surface area contributed by atoms with Crippen molar-refractivity contribution in [3.8, 4) is 0 Å². The van der Waals surface area contributed by atoms with Gasteiger partial charge in [0.15, 0.2) is 0 Å². The Balaban J connectivity index is 1.52. The van der Waals surface area contributed by atoms with Gasteiger partial charge >= 0.3 is 6.18 Å². The van der Waals surface area contributed by atoms with Crippen LogP contribution >= 0.6 is 0 Å². The zero-order valence-corrected chi connectivity index (χ0v) is 18.5. The fraction of sp³-hybridized carbons (Fsp3) is 0.500. The summed E-state index contributed by atoms with van der Waals surface area (Å²) in [6, 6.07) is 12.9. The first-order chi connectivity index (χ1) is 15.4. The van der Waals surface area contributed by atoms with Crippen LogP contribution in [0, 0.1) is 12.8 Å². The average Bonchev–Trinajstić information content (AvgIpc) is 3.11. The van der Waals surface area contributed by atoms with Gasteiger partial charge in [-0.1, -0.05) is 36.2 Å². The number of aromatic nitrogens is 2. The van der Waals surface area contributed by atoms with E-state index in [1.807, 2.05) is 0 Å². The molecule has 0 radical (unpaired) electrons. The molecule has 0 aliphatic carbocycles. The minimum atomic E-state index is -4.36. The fourth-order valence-corrected chi connectivity index (χ4v) is 5.61. The summed E-state index contributed by atoms with van der Waals surface area (Å²) in [5.74, 6) is 1.37. The van der Waals surface area contributed by atoms with Crippen molar-refractivity contribution in [1.82, 2.24) is 14.5 Å². The summed E-state index contributed by atoms with van der Waals surface area (Å²) in [4.78, 5) is 7.36. The molecule has 2 aromatic carbocycles. The second-order valence-electron chi connectivity index (χ2n) is 9.50. The number of rotatable bonds is 4. The number of nitrogens with zero attached hydrogens (tertiary/aromatic N) is 3. The van der Waals surface area contributed by atoms with Crippen LogP contribution in [0.3, 0.4) is 0 Å². The van der Waals surface area contributed by atoms with Crippen LogP contribution in [0.15, 0.2) is 42.5 Å². The van der Waals surface area contributed by atoms with Crippen LogP contribution in [0.25, 0.3) is 11.0 Å². The van der Waals surface area contributed by atoms with E-state index >= 15 is 0 Å². The summed E-state index contributed by atoms with van der Waals surface area (Å²) in [7, 11) is 0. The average molecular weight is 442 g/mol. The number of alkyl halides is 3. The van der Waals surface area contributed by atoms with Gasteiger partial charge in [0.2, 0.25) is 0 Å². The summed E-state index contributed by atoms with van der Waals surface area (Å²) in [6.07, 6.45) is 2.40. The number of imidazole rings is 1. The van der Waals surface area contributed by atoms with Crippen LogP contribution in [0.4, 0.5) is 13.2 Å². The van der Waals surface area contributed by atoms with Crippen LogP contribution in [0.1, 0.15) is 54.6 Å². The smallest absolute Gasteiger partial charge is 0.327 e. The first-order valence-electron chi connectivity index (χ1n) is 11.7. The number of piperidine rings is 2. The zero-order valence-electron chi connectivity index (χ0n) is 18.5. The van der Waals surface area contributed by atoms with E-state index in [4.69, 9.17) is 4.98 Å². The molecule has 0 spiro atoms. The largest absolute Gasteiger partial charge is 0.416 e. The molecule has 0 bridgehead atoms. The Kier molecular flexibility index (Phi) is 5.74. The highest BCUT2D eigenvalue weighted by Gasteiger charge is 2.34.